The highest BCUT2D eigenvalue weighted by molar-refractivity contribution is 9.10. The minimum atomic E-state index is 0.505. The molecule has 0 spiro atoms. The Morgan fingerprint density at radius 3 is 1.78 bits per heavy atom. The summed E-state index contributed by atoms with van der Waals surface area (Å²) in [6.45, 7) is 1.02. The van der Waals surface area contributed by atoms with Gasteiger partial charge in [-0.3, -0.25) is 0 Å². The molecule has 0 saturated heterocycles. The molecule has 0 amide bonds. The van der Waals surface area contributed by atoms with E-state index in [1.54, 1.807) is 0 Å². The van der Waals surface area contributed by atoms with Gasteiger partial charge < -0.3 is 9.47 Å². The van der Waals surface area contributed by atoms with Crippen molar-refractivity contribution >= 4 is 15.9 Å². The van der Waals surface area contributed by atoms with E-state index in [1.165, 1.54) is 0 Å². The molecule has 0 unspecified atom stereocenters. The van der Waals surface area contributed by atoms with Crippen LogP contribution in [0, 0.1) is 0 Å². The monoisotopic (exact) mass is 368 g/mol. The number of hydrogen-bond donors (Lipinski definition) is 0. The van der Waals surface area contributed by atoms with Crippen molar-refractivity contribution in [2.45, 2.75) is 13.2 Å². The molecule has 0 aromatic heterocycles. The smallest absolute Gasteiger partial charge is 0.175 e. The van der Waals surface area contributed by atoms with E-state index >= 15 is 0 Å². The summed E-state index contributed by atoms with van der Waals surface area (Å²) in [5, 5.41) is 0. The molecule has 2 nitrogen and oxygen atoms in total. The fourth-order valence-electron chi connectivity index (χ4n) is 2.21. The molecular formula is C20H17BrO2. The molecule has 3 aromatic carbocycles. The van der Waals surface area contributed by atoms with E-state index in [-0.39, 0.29) is 0 Å². The Hall–Kier alpha value is -2.26. The van der Waals surface area contributed by atoms with Crippen LogP contribution in [0.2, 0.25) is 0 Å². The number of ether oxygens (including phenoxy) is 2. The second-order valence-electron chi connectivity index (χ2n) is 5.12. The van der Waals surface area contributed by atoms with Gasteiger partial charge in [0, 0.05) is 0 Å². The molecule has 0 aliphatic heterocycles. The average Bonchev–Trinajstić information content (AvgIpc) is 2.61. The van der Waals surface area contributed by atoms with Crippen LogP contribution in [0.3, 0.4) is 0 Å². The maximum absolute atomic E-state index is 5.97. The lowest BCUT2D eigenvalue weighted by molar-refractivity contribution is 0.254. The maximum Gasteiger partial charge on any atom is 0.175 e. The highest BCUT2D eigenvalue weighted by Gasteiger charge is 2.10. The highest BCUT2D eigenvalue weighted by atomic mass is 79.9. The van der Waals surface area contributed by atoms with Gasteiger partial charge in [-0.15, -0.1) is 0 Å². The number of para-hydroxylation sites is 1. The van der Waals surface area contributed by atoms with Crippen molar-refractivity contribution in [3.8, 4) is 11.5 Å². The lowest BCUT2D eigenvalue weighted by Gasteiger charge is -2.14. The first kappa shape index (κ1) is 15.6. The van der Waals surface area contributed by atoms with Crippen molar-refractivity contribution in [1.82, 2.24) is 0 Å². The normalized spacial score (nSPS) is 10.3. The molecule has 23 heavy (non-hydrogen) atoms. The van der Waals surface area contributed by atoms with Gasteiger partial charge >= 0.3 is 0 Å². The molecule has 3 rings (SSSR count). The van der Waals surface area contributed by atoms with Crippen molar-refractivity contribution in [2.24, 2.45) is 0 Å². The second kappa shape index (κ2) is 7.84. The summed E-state index contributed by atoms with van der Waals surface area (Å²) in [5.74, 6) is 1.46. The summed E-state index contributed by atoms with van der Waals surface area (Å²) in [7, 11) is 0. The van der Waals surface area contributed by atoms with Crippen LogP contribution in [0.5, 0.6) is 11.5 Å². The Balaban J connectivity index is 1.71. The first-order valence-electron chi connectivity index (χ1n) is 7.45. The van der Waals surface area contributed by atoms with E-state index in [0.717, 1.165) is 27.1 Å². The predicted molar refractivity (Wildman–Crippen MR) is 95.7 cm³/mol. The zero-order valence-electron chi connectivity index (χ0n) is 12.6. The molecule has 0 aliphatic rings. The number of hydrogen-bond acceptors (Lipinski definition) is 2. The van der Waals surface area contributed by atoms with Crippen LogP contribution in [0.15, 0.2) is 83.3 Å². The van der Waals surface area contributed by atoms with Gasteiger partial charge in [-0.1, -0.05) is 66.7 Å². The van der Waals surface area contributed by atoms with Gasteiger partial charge in [-0.05, 0) is 39.2 Å². The quantitative estimate of drug-likeness (QED) is 0.563. The van der Waals surface area contributed by atoms with Gasteiger partial charge in [0.25, 0.3) is 0 Å². The summed E-state index contributed by atoms with van der Waals surface area (Å²) in [4.78, 5) is 0. The van der Waals surface area contributed by atoms with Gasteiger partial charge in [-0.2, -0.15) is 0 Å². The van der Waals surface area contributed by atoms with Gasteiger partial charge in [0.1, 0.15) is 13.2 Å². The molecular weight excluding hydrogens is 352 g/mol. The van der Waals surface area contributed by atoms with Crippen LogP contribution in [0.25, 0.3) is 0 Å². The van der Waals surface area contributed by atoms with E-state index in [2.05, 4.69) is 15.9 Å². The van der Waals surface area contributed by atoms with Crippen molar-refractivity contribution < 1.29 is 9.47 Å². The first-order valence-corrected chi connectivity index (χ1v) is 8.24. The Bertz CT molecular complexity index is 742. The standard InChI is InChI=1S/C20H17BrO2/c21-18-12-7-13-19(22-14-16-8-3-1-4-9-16)20(18)23-15-17-10-5-2-6-11-17/h1-13H,14-15H2. The van der Waals surface area contributed by atoms with Crippen LogP contribution in [0.1, 0.15) is 11.1 Å². The van der Waals surface area contributed by atoms with Gasteiger partial charge in [0.05, 0.1) is 4.47 Å². The van der Waals surface area contributed by atoms with E-state index < -0.39 is 0 Å². The number of halogens is 1. The third-order valence-corrected chi connectivity index (χ3v) is 4.02. The summed E-state index contributed by atoms with van der Waals surface area (Å²) < 4.78 is 12.8. The number of rotatable bonds is 6. The molecule has 0 atom stereocenters. The fraction of sp³-hybridized carbons (Fsp3) is 0.100. The highest BCUT2D eigenvalue weighted by Crippen LogP contribution is 2.36. The third-order valence-electron chi connectivity index (χ3n) is 3.39. The third kappa shape index (κ3) is 4.36. The molecule has 0 heterocycles. The summed E-state index contributed by atoms with van der Waals surface area (Å²) in [6.07, 6.45) is 0. The van der Waals surface area contributed by atoms with Gasteiger partial charge in [0.15, 0.2) is 11.5 Å². The van der Waals surface area contributed by atoms with Crippen LogP contribution in [-0.2, 0) is 13.2 Å². The molecule has 116 valence electrons. The summed E-state index contributed by atoms with van der Waals surface area (Å²) in [6, 6.07) is 26.0. The van der Waals surface area contributed by atoms with E-state index in [0.29, 0.717) is 13.2 Å². The van der Waals surface area contributed by atoms with Gasteiger partial charge in [0.2, 0.25) is 0 Å². The van der Waals surface area contributed by atoms with Crippen molar-refractivity contribution in [1.29, 1.82) is 0 Å². The van der Waals surface area contributed by atoms with Crippen molar-refractivity contribution in [3.05, 3.63) is 94.5 Å². The lowest BCUT2D eigenvalue weighted by atomic mass is 10.2. The predicted octanol–water partition coefficient (Wildman–Crippen LogP) is 5.61. The zero-order chi connectivity index (χ0) is 15.9. The molecule has 0 aliphatic carbocycles. The lowest BCUT2D eigenvalue weighted by Crippen LogP contribution is -2.01. The van der Waals surface area contributed by atoms with Crippen LogP contribution in [-0.4, -0.2) is 0 Å². The molecule has 0 radical (unpaired) electrons. The largest absolute Gasteiger partial charge is 0.485 e. The SMILES string of the molecule is Brc1cccc(OCc2ccccc2)c1OCc1ccccc1. The average molecular weight is 369 g/mol. The summed E-state index contributed by atoms with van der Waals surface area (Å²) in [5.41, 5.74) is 2.25. The van der Waals surface area contributed by atoms with Crippen molar-refractivity contribution in [3.63, 3.8) is 0 Å². The fourth-order valence-corrected chi connectivity index (χ4v) is 2.67. The van der Waals surface area contributed by atoms with Crippen LogP contribution in [0.4, 0.5) is 0 Å². The molecule has 0 saturated carbocycles. The van der Waals surface area contributed by atoms with Crippen molar-refractivity contribution in [2.75, 3.05) is 0 Å². The number of benzene rings is 3. The summed E-state index contributed by atoms with van der Waals surface area (Å²) >= 11 is 3.54. The van der Waals surface area contributed by atoms with E-state index in [1.807, 2.05) is 78.9 Å². The van der Waals surface area contributed by atoms with E-state index in [4.69, 9.17) is 9.47 Å². The Labute approximate surface area is 144 Å². The zero-order valence-corrected chi connectivity index (χ0v) is 14.2. The van der Waals surface area contributed by atoms with Crippen LogP contribution >= 0.6 is 15.9 Å². The Kier molecular flexibility index (Phi) is 5.33. The molecule has 3 heteroatoms. The van der Waals surface area contributed by atoms with E-state index in [9.17, 15) is 0 Å². The second-order valence-corrected chi connectivity index (χ2v) is 5.97. The molecule has 0 bridgehead atoms. The van der Waals surface area contributed by atoms with Crippen LogP contribution < -0.4 is 9.47 Å². The maximum atomic E-state index is 5.97. The topological polar surface area (TPSA) is 18.5 Å². The molecule has 0 fully saturated rings. The molecule has 0 N–H and O–H groups in total. The minimum Gasteiger partial charge on any atom is -0.485 e. The molecule has 3 aromatic rings. The first-order chi connectivity index (χ1) is 11.3. The Morgan fingerprint density at radius 1 is 0.609 bits per heavy atom. The van der Waals surface area contributed by atoms with Gasteiger partial charge in [-0.25, -0.2) is 0 Å². The minimum absolute atomic E-state index is 0.505. The Morgan fingerprint density at radius 2 is 1.17 bits per heavy atom.